The van der Waals surface area contributed by atoms with E-state index in [9.17, 15) is 8.42 Å². The molecule has 0 saturated heterocycles. The van der Waals surface area contributed by atoms with Gasteiger partial charge >= 0.3 is 0 Å². The number of nitrogens with zero attached hydrogens (tertiary/aromatic N) is 3. The summed E-state index contributed by atoms with van der Waals surface area (Å²) in [5, 5.41) is 10.6. The number of nitrogens with one attached hydrogen (secondary N) is 2. The first-order valence-corrected chi connectivity index (χ1v) is 12.0. The van der Waals surface area contributed by atoms with Gasteiger partial charge in [0.05, 0.1) is 17.1 Å². The molecule has 2 N–H and O–H groups in total. The fourth-order valence-corrected chi connectivity index (χ4v) is 4.27. The highest BCUT2D eigenvalue weighted by Crippen LogP contribution is 2.28. The second-order valence-electron chi connectivity index (χ2n) is 7.60. The number of hydrogen-bond donors (Lipinski definition) is 2. The lowest BCUT2D eigenvalue weighted by molar-refractivity contribution is 0.357. The molecule has 0 fully saturated rings. The van der Waals surface area contributed by atoms with Gasteiger partial charge in [-0.2, -0.15) is 5.10 Å². The number of H-pyrrole nitrogens is 1. The third-order valence-corrected chi connectivity index (χ3v) is 6.43. The number of aromatic amines is 1. The number of anilines is 1. The monoisotopic (exact) mass is 447 g/mol. The van der Waals surface area contributed by atoms with E-state index < -0.39 is 9.84 Å². The summed E-state index contributed by atoms with van der Waals surface area (Å²) in [5.74, 6) is 2.71. The molecule has 0 bridgehead atoms. The molecule has 0 aliphatic carbocycles. The summed E-state index contributed by atoms with van der Waals surface area (Å²) in [6.07, 6.45) is 3.84. The maximum absolute atomic E-state index is 11.7. The van der Waals surface area contributed by atoms with Gasteiger partial charge in [0.1, 0.15) is 11.6 Å². The number of ether oxygens (including phenoxy) is 1. The zero-order valence-corrected chi connectivity index (χ0v) is 18.2. The van der Waals surface area contributed by atoms with E-state index in [1.807, 2.05) is 24.3 Å². The molecule has 2 aromatic carbocycles. The Kier molecular flexibility index (Phi) is 5.10. The first-order chi connectivity index (χ1) is 15.5. The van der Waals surface area contributed by atoms with Crippen LogP contribution in [-0.4, -0.2) is 41.4 Å². The fraction of sp³-hybridized carbons (Fsp3) is 0.174. The molecule has 8 nitrogen and oxygen atoms in total. The van der Waals surface area contributed by atoms with Crippen LogP contribution in [0.2, 0.25) is 0 Å². The van der Waals surface area contributed by atoms with Crippen molar-refractivity contribution < 1.29 is 13.2 Å². The summed E-state index contributed by atoms with van der Waals surface area (Å²) >= 11 is 0. The predicted molar refractivity (Wildman–Crippen MR) is 121 cm³/mol. The molecule has 0 saturated carbocycles. The molecule has 2 aromatic heterocycles. The van der Waals surface area contributed by atoms with E-state index in [0.717, 1.165) is 35.5 Å². The fourth-order valence-electron chi connectivity index (χ4n) is 3.64. The molecule has 5 rings (SSSR count). The Morgan fingerprint density at radius 3 is 2.78 bits per heavy atom. The average molecular weight is 448 g/mol. The van der Waals surface area contributed by atoms with Crippen molar-refractivity contribution in [2.45, 2.75) is 17.9 Å². The second-order valence-corrected chi connectivity index (χ2v) is 9.61. The van der Waals surface area contributed by atoms with Crippen LogP contribution in [0.4, 0.5) is 5.82 Å². The second kappa shape index (κ2) is 8.08. The van der Waals surface area contributed by atoms with Crippen LogP contribution in [0.5, 0.6) is 5.75 Å². The van der Waals surface area contributed by atoms with E-state index in [2.05, 4.69) is 31.5 Å². The molecule has 162 valence electrons. The molecular formula is C23H21N5O3S. The first-order valence-electron chi connectivity index (χ1n) is 10.1. The average Bonchev–Trinajstić information content (AvgIpc) is 3.47. The Labute approximate surface area is 185 Å². The van der Waals surface area contributed by atoms with Crippen molar-refractivity contribution in [1.82, 2.24) is 20.2 Å². The third-order valence-electron chi connectivity index (χ3n) is 5.30. The molecule has 3 heterocycles. The van der Waals surface area contributed by atoms with E-state index in [0.29, 0.717) is 24.0 Å². The Morgan fingerprint density at radius 1 is 1.12 bits per heavy atom. The van der Waals surface area contributed by atoms with Gasteiger partial charge in [0.15, 0.2) is 21.5 Å². The number of hydrogen-bond acceptors (Lipinski definition) is 7. The lowest BCUT2D eigenvalue weighted by Crippen LogP contribution is -2.03. The van der Waals surface area contributed by atoms with E-state index in [1.165, 1.54) is 11.8 Å². The van der Waals surface area contributed by atoms with Gasteiger partial charge in [0, 0.05) is 31.0 Å². The van der Waals surface area contributed by atoms with Crippen molar-refractivity contribution in [2.24, 2.45) is 0 Å². The summed E-state index contributed by atoms with van der Waals surface area (Å²) in [5.41, 5.74) is 3.89. The molecule has 4 aromatic rings. The summed E-state index contributed by atoms with van der Waals surface area (Å²) in [4.78, 5) is 9.32. The summed E-state index contributed by atoms with van der Waals surface area (Å²) in [7, 11) is -3.25. The number of benzene rings is 2. The summed E-state index contributed by atoms with van der Waals surface area (Å²) in [6.45, 7) is 1.35. The van der Waals surface area contributed by atoms with Gasteiger partial charge in [0.2, 0.25) is 0 Å². The standard InChI is InChI=1S/C23H21N5O3S/c1-32(29,30)18-7-5-16(6-8-18)21-26-23(28-27-21)19-3-2-11-24-22(19)25-14-15-4-9-20-17(13-15)10-12-31-20/h2-9,11,13H,10,12,14H2,1H3,(H,24,25)(H,26,27,28). The highest BCUT2D eigenvalue weighted by atomic mass is 32.2. The SMILES string of the molecule is CS(=O)(=O)c1ccc(-c2n[nH]c(-c3cccnc3NCc3ccc4c(c3)CCO4)n2)cc1. The molecule has 0 atom stereocenters. The molecule has 0 amide bonds. The third kappa shape index (κ3) is 4.06. The molecule has 32 heavy (non-hydrogen) atoms. The minimum atomic E-state index is -3.25. The zero-order chi connectivity index (χ0) is 22.1. The maximum Gasteiger partial charge on any atom is 0.181 e. The van der Waals surface area contributed by atoms with Crippen molar-refractivity contribution in [3.63, 3.8) is 0 Å². The Morgan fingerprint density at radius 2 is 1.97 bits per heavy atom. The highest BCUT2D eigenvalue weighted by molar-refractivity contribution is 7.90. The highest BCUT2D eigenvalue weighted by Gasteiger charge is 2.15. The quantitative estimate of drug-likeness (QED) is 0.466. The largest absolute Gasteiger partial charge is 0.493 e. The minimum Gasteiger partial charge on any atom is -0.493 e. The number of aromatic nitrogens is 4. The Hall–Kier alpha value is -3.72. The van der Waals surface area contributed by atoms with Gasteiger partial charge in [-0.3, -0.25) is 5.10 Å². The maximum atomic E-state index is 11.7. The summed E-state index contributed by atoms with van der Waals surface area (Å²) in [6, 6.07) is 16.5. The summed E-state index contributed by atoms with van der Waals surface area (Å²) < 4.78 is 28.9. The molecule has 1 aliphatic heterocycles. The molecule has 0 unspecified atom stereocenters. The van der Waals surface area contributed by atoms with Crippen molar-refractivity contribution in [3.8, 4) is 28.5 Å². The van der Waals surface area contributed by atoms with E-state index in [1.54, 1.807) is 30.5 Å². The van der Waals surface area contributed by atoms with E-state index in [-0.39, 0.29) is 4.90 Å². The zero-order valence-electron chi connectivity index (χ0n) is 17.4. The number of fused-ring (bicyclic) bond motifs is 1. The van der Waals surface area contributed by atoms with E-state index >= 15 is 0 Å². The van der Waals surface area contributed by atoms with Crippen LogP contribution in [0, 0.1) is 0 Å². The van der Waals surface area contributed by atoms with Crippen LogP contribution < -0.4 is 10.1 Å². The van der Waals surface area contributed by atoms with Gasteiger partial charge in [-0.1, -0.05) is 12.1 Å². The topological polar surface area (TPSA) is 110 Å². The molecular weight excluding hydrogens is 426 g/mol. The van der Waals surface area contributed by atoms with Crippen LogP contribution in [-0.2, 0) is 22.8 Å². The van der Waals surface area contributed by atoms with Crippen LogP contribution in [0.25, 0.3) is 22.8 Å². The molecule has 9 heteroatoms. The molecule has 0 radical (unpaired) electrons. The Balaban J connectivity index is 1.36. The van der Waals surface area contributed by atoms with Crippen molar-refractivity contribution >= 4 is 15.7 Å². The van der Waals surface area contributed by atoms with Gasteiger partial charge in [-0.25, -0.2) is 18.4 Å². The number of rotatable bonds is 6. The normalized spacial score (nSPS) is 12.9. The Bertz CT molecular complexity index is 1380. The lowest BCUT2D eigenvalue weighted by Gasteiger charge is -2.10. The van der Waals surface area contributed by atoms with E-state index in [4.69, 9.17) is 4.74 Å². The number of sulfone groups is 1. The lowest BCUT2D eigenvalue weighted by atomic mass is 10.1. The smallest absolute Gasteiger partial charge is 0.181 e. The predicted octanol–water partition coefficient (Wildman–Crippen LogP) is 3.48. The van der Waals surface area contributed by atoms with Crippen molar-refractivity contribution in [2.75, 3.05) is 18.2 Å². The van der Waals surface area contributed by atoms with Crippen molar-refractivity contribution in [3.05, 3.63) is 71.9 Å². The van der Waals surface area contributed by atoms with Crippen molar-refractivity contribution in [1.29, 1.82) is 0 Å². The minimum absolute atomic E-state index is 0.258. The van der Waals surface area contributed by atoms with Gasteiger partial charge in [-0.15, -0.1) is 0 Å². The molecule has 1 aliphatic rings. The van der Waals surface area contributed by atoms with Gasteiger partial charge < -0.3 is 10.1 Å². The number of pyridine rings is 1. The first kappa shape index (κ1) is 20.2. The van der Waals surface area contributed by atoms with Gasteiger partial charge in [-0.05, 0) is 53.6 Å². The van der Waals surface area contributed by atoms with Gasteiger partial charge in [0.25, 0.3) is 0 Å². The molecule has 0 spiro atoms. The van der Waals surface area contributed by atoms with Crippen LogP contribution in [0.15, 0.2) is 65.7 Å². The van der Waals surface area contributed by atoms with Crippen LogP contribution >= 0.6 is 0 Å². The van der Waals surface area contributed by atoms with Crippen LogP contribution in [0.1, 0.15) is 11.1 Å². The van der Waals surface area contributed by atoms with Crippen LogP contribution in [0.3, 0.4) is 0 Å².